The van der Waals surface area contributed by atoms with Gasteiger partial charge in [-0.25, -0.2) is 0 Å². The zero-order valence-corrected chi connectivity index (χ0v) is 7.53. The van der Waals surface area contributed by atoms with Crippen molar-refractivity contribution < 1.29 is 14.7 Å². The lowest BCUT2D eigenvalue weighted by atomic mass is 9.91. The topological polar surface area (TPSA) is 80.4 Å². The Morgan fingerprint density at radius 3 is 2.77 bits per heavy atom. The van der Waals surface area contributed by atoms with Gasteiger partial charge in [-0.3, -0.25) is 9.59 Å². The van der Waals surface area contributed by atoms with Crippen LogP contribution in [0.5, 0.6) is 0 Å². The van der Waals surface area contributed by atoms with Gasteiger partial charge in [-0.2, -0.15) is 0 Å². The summed E-state index contributed by atoms with van der Waals surface area (Å²) in [5, 5.41) is 8.67. The van der Waals surface area contributed by atoms with Crippen molar-refractivity contribution in [1.82, 2.24) is 0 Å². The summed E-state index contributed by atoms with van der Waals surface area (Å²) in [7, 11) is 0. The van der Waals surface area contributed by atoms with Gasteiger partial charge in [0.25, 0.3) is 0 Å². The molecule has 0 amide bonds. The Morgan fingerprint density at radius 2 is 2.15 bits per heavy atom. The first kappa shape index (κ1) is 10.2. The van der Waals surface area contributed by atoms with Crippen LogP contribution in [0.25, 0.3) is 0 Å². The first-order chi connectivity index (χ1) is 6.13. The van der Waals surface area contributed by atoms with E-state index in [1.165, 1.54) is 0 Å². The highest BCUT2D eigenvalue weighted by Gasteiger charge is 2.30. The monoisotopic (exact) mass is 185 g/mol. The van der Waals surface area contributed by atoms with Crippen LogP contribution in [0.1, 0.15) is 32.1 Å². The predicted octanol–water partition coefficient (Wildman–Crippen LogP) is 0.548. The summed E-state index contributed by atoms with van der Waals surface area (Å²) >= 11 is 0. The van der Waals surface area contributed by atoms with E-state index in [0.29, 0.717) is 12.8 Å². The third-order valence-corrected chi connectivity index (χ3v) is 2.57. The molecule has 0 bridgehead atoms. The highest BCUT2D eigenvalue weighted by atomic mass is 16.4. The minimum atomic E-state index is -1.07. The van der Waals surface area contributed by atoms with Crippen molar-refractivity contribution in [3.8, 4) is 0 Å². The second-order valence-electron chi connectivity index (χ2n) is 3.54. The van der Waals surface area contributed by atoms with Crippen LogP contribution in [-0.2, 0) is 9.59 Å². The average Bonchev–Trinajstić information content (AvgIpc) is 2.28. The van der Waals surface area contributed by atoms with Gasteiger partial charge in [0, 0.05) is 12.3 Å². The van der Waals surface area contributed by atoms with Crippen molar-refractivity contribution >= 4 is 11.8 Å². The van der Waals surface area contributed by atoms with E-state index in [0.717, 1.165) is 19.3 Å². The number of hydrogen-bond donors (Lipinski definition) is 2. The number of Topliss-reactive ketones (excluding diaryl/α,β-unsaturated/α-hetero) is 1. The molecule has 13 heavy (non-hydrogen) atoms. The van der Waals surface area contributed by atoms with Crippen molar-refractivity contribution in [3.05, 3.63) is 0 Å². The summed E-state index contributed by atoms with van der Waals surface area (Å²) < 4.78 is 0. The van der Waals surface area contributed by atoms with Gasteiger partial charge < -0.3 is 10.8 Å². The average molecular weight is 185 g/mol. The van der Waals surface area contributed by atoms with Gasteiger partial charge in [-0.15, -0.1) is 0 Å². The summed E-state index contributed by atoms with van der Waals surface area (Å²) in [4.78, 5) is 22.0. The number of carboxylic acids is 1. The first-order valence-electron chi connectivity index (χ1n) is 4.64. The number of nitrogens with two attached hydrogens (primary N) is 1. The van der Waals surface area contributed by atoms with E-state index < -0.39 is 17.9 Å². The Kier molecular flexibility index (Phi) is 3.42. The van der Waals surface area contributed by atoms with Crippen LogP contribution in [0.4, 0.5) is 0 Å². The van der Waals surface area contributed by atoms with Crippen LogP contribution in [0.2, 0.25) is 0 Å². The van der Waals surface area contributed by atoms with E-state index in [-0.39, 0.29) is 5.78 Å². The Morgan fingerprint density at radius 1 is 1.46 bits per heavy atom. The van der Waals surface area contributed by atoms with Gasteiger partial charge in [0.2, 0.25) is 0 Å². The molecule has 1 saturated carbocycles. The molecule has 74 valence electrons. The van der Waals surface area contributed by atoms with E-state index in [4.69, 9.17) is 10.8 Å². The molecule has 0 heterocycles. The molecule has 1 aliphatic carbocycles. The van der Waals surface area contributed by atoms with E-state index in [1.54, 1.807) is 0 Å². The molecule has 4 heteroatoms. The van der Waals surface area contributed by atoms with Crippen LogP contribution < -0.4 is 5.73 Å². The zero-order valence-electron chi connectivity index (χ0n) is 7.53. The molecule has 0 aromatic heterocycles. The van der Waals surface area contributed by atoms with Crippen molar-refractivity contribution in [3.63, 3.8) is 0 Å². The minimum absolute atomic E-state index is 0.0207. The highest BCUT2D eigenvalue weighted by Crippen LogP contribution is 2.22. The van der Waals surface area contributed by atoms with Crippen molar-refractivity contribution in [2.75, 3.05) is 0 Å². The predicted molar refractivity (Wildman–Crippen MR) is 47.2 cm³/mol. The van der Waals surface area contributed by atoms with Crippen LogP contribution in [0.15, 0.2) is 0 Å². The Balaban J connectivity index is 2.64. The fourth-order valence-corrected chi connectivity index (χ4v) is 1.74. The summed E-state index contributed by atoms with van der Waals surface area (Å²) in [6.45, 7) is 0. The summed E-state index contributed by atoms with van der Waals surface area (Å²) in [5.74, 6) is -1.51. The maximum absolute atomic E-state index is 11.4. The lowest BCUT2D eigenvalue weighted by molar-refractivity contribution is -0.142. The maximum Gasteiger partial charge on any atom is 0.321 e. The fraction of sp³-hybridized carbons (Fsp3) is 0.778. The SMILES string of the molecule is NC(C(=O)O)[C@H]1CCCCCC1=O. The van der Waals surface area contributed by atoms with Crippen LogP contribution in [0, 0.1) is 5.92 Å². The Hall–Kier alpha value is -0.900. The molecular weight excluding hydrogens is 170 g/mol. The third kappa shape index (κ3) is 2.52. The molecule has 0 spiro atoms. The zero-order chi connectivity index (χ0) is 9.84. The van der Waals surface area contributed by atoms with Gasteiger partial charge in [-0.1, -0.05) is 12.8 Å². The minimum Gasteiger partial charge on any atom is -0.480 e. The molecule has 0 aromatic rings. The van der Waals surface area contributed by atoms with E-state index in [9.17, 15) is 9.59 Å². The molecule has 1 aliphatic rings. The van der Waals surface area contributed by atoms with Gasteiger partial charge in [-0.05, 0) is 12.8 Å². The Bertz CT molecular complexity index is 215. The smallest absolute Gasteiger partial charge is 0.321 e. The number of hydrogen-bond acceptors (Lipinski definition) is 3. The van der Waals surface area contributed by atoms with Gasteiger partial charge in [0.05, 0.1) is 0 Å². The molecule has 2 atom stereocenters. The van der Waals surface area contributed by atoms with Crippen LogP contribution in [-0.4, -0.2) is 22.9 Å². The Labute approximate surface area is 77.1 Å². The molecule has 0 radical (unpaired) electrons. The fourth-order valence-electron chi connectivity index (χ4n) is 1.74. The number of ketones is 1. The molecule has 0 saturated heterocycles. The number of rotatable bonds is 2. The summed E-state index contributed by atoms with van der Waals surface area (Å²) in [6, 6.07) is -1.01. The van der Waals surface area contributed by atoms with E-state index in [2.05, 4.69) is 0 Å². The van der Waals surface area contributed by atoms with Crippen molar-refractivity contribution in [2.45, 2.75) is 38.1 Å². The van der Waals surface area contributed by atoms with Gasteiger partial charge in [0.1, 0.15) is 11.8 Å². The molecular formula is C9H15NO3. The number of carbonyl (C=O) groups is 2. The normalized spacial score (nSPS) is 26.5. The maximum atomic E-state index is 11.4. The molecule has 0 aliphatic heterocycles. The van der Waals surface area contributed by atoms with Crippen LogP contribution in [0.3, 0.4) is 0 Å². The second kappa shape index (κ2) is 4.37. The standard InChI is InChI=1S/C9H15NO3/c10-8(9(12)13)6-4-2-1-3-5-7(6)11/h6,8H,1-5,10H2,(H,12,13)/t6-,8?/m0/s1. The number of carbonyl (C=O) groups excluding carboxylic acids is 1. The van der Waals surface area contributed by atoms with Crippen molar-refractivity contribution in [1.29, 1.82) is 0 Å². The molecule has 1 rings (SSSR count). The van der Waals surface area contributed by atoms with Gasteiger partial charge >= 0.3 is 5.97 Å². The van der Waals surface area contributed by atoms with Gasteiger partial charge in [0.15, 0.2) is 0 Å². The third-order valence-electron chi connectivity index (χ3n) is 2.57. The lowest BCUT2D eigenvalue weighted by Gasteiger charge is -2.16. The summed E-state index contributed by atoms with van der Waals surface area (Å²) in [5.41, 5.74) is 5.43. The molecule has 3 N–H and O–H groups in total. The number of carboxylic acid groups (broad SMARTS) is 1. The highest BCUT2D eigenvalue weighted by molar-refractivity contribution is 5.88. The van der Waals surface area contributed by atoms with Crippen LogP contribution >= 0.6 is 0 Å². The first-order valence-corrected chi connectivity index (χ1v) is 4.64. The number of aliphatic carboxylic acids is 1. The van der Waals surface area contributed by atoms with Crippen molar-refractivity contribution in [2.24, 2.45) is 11.7 Å². The van der Waals surface area contributed by atoms with E-state index in [1.807, 2.05) is 0 Å². The quantitative estimate of drug-likeness (QED) is 0.615. The molecule has 0 aromatic carbocycles. The molecule has 1 fully saturated rings. The summed E-state index contributed by atoms with van der Waals surface area (Å²) in [6.07, 6.45) is 3.92. The van der Waals surface area contributed by atoms with E-state index >= 15 is 0 Å². The molecule has 1 unspecified atom stereocenters. The lowest BCUT2D eigenvalue weighted by Crippen LogP contribution is -2.41. The largest absolute Gasteiger partial charge is 0.480 e. The second-order valence-corrected chi connectivity index (χ2v) is 3.54. The molecule has 4 nitrogen and oxygen atoms in total.